The largest absolute Gasteiger partial charge is 0.379 e. The van der Waals surface area contributed by atoms with Crippen molar-refractivity contribution in [1.29, 1.82) is 0 Å². The predicted octanol–water partition coefficient (Wildman–Crippen LogP) is 2.54. The van der Waals surface area contributed by atoms with E-state index in [2.05, 4.69) is 5.32 Å². The second-order valence-electron chi connectivity index (χ2n) is 5.45. The zero-order valence-corrected chi connectivity index (χ0v) is 13.7. The lowest BCUT2D eigenvalue weighted by molar-refractivity contribution is -0.114. The van der Waals surface area contributed by atoms with Crippen molar-refractivity contribution < 1.29 is 22.2 Å². The van der Waals surface area contributed by atoms with Crippen LogP contribution in [0.4, 0.5) is 5.69 Å². The molecule has 0 saturated carbocycles. The number of benzene rings is 2. The minimum atomic E-state index is -4.02. The summed E-state index contributed by atoms with van der Waals surface area (Å²) in [5.74, 6) is -0.0665. The van der Waals surface area contributed by atoms with Gasteiger partial charge in [0.25, 0.3) is 0 Å². The first kappa shape index (κ1) is 16.2. The van der Waals surface area contributed by atoms with Gasteiger partial charge in [-0.2, -0.15) is 8.42 Å². The fourth-order valence-electron chi connectivity index (χ4n) is 2.61. The molecule has 0 saturated heterocycles. The maximum Gasteiger partial charge on any atom is 0.339 e. The average molecular weight is 345 g/mol. The Labute approximate surface area is 139 Å². The lowest BCUT2D eigenvalue weighted by atomic mass is 10.1. The number of ketones is 1. The molecule has 0 aromatic heterocycles. The van der Waals surface area contributed by atoms with E-state index in [1.165, 1.54) is 31.2 Å². The summed E-state index contributed by atoms with van der Waals surface area (Å²) in [6.45, 7) is 1.37. The van der Waals surface area contributed by atoms with E-state index in [0.29, 0.717) is 29.7 Å². The second-order valence-corrected chi connectivity index (χ2v) is 6.99. The van der Waals surface area contributed by atoms with E-state index in [1.807, 2.05) is 0 Å². The Morgan fingerprint density at radius 2 is 1.79 bits per heavy atom. The van der Waals surface area contributed by atoms with Crippen LogP contribution >= 0.6 is 0 Å². The molecule has 0 radical (unpaired) electrons. The summed E-state index contributed by atoms with van der Waals surface area (Å²) >= 11 is 0. The lowest BCUT2D eigenvalue weighted by Crippen LogP contribution is -2.11. The number of fused-ring (bicyclic) bond motifs is 1. The fraction of sp³-hybridized carbons (Fsp3) is 0.176. The molecule has 0 heterocycles. The van der Waals surface area contributed by atoms with E-state index in [1.54, 1.807) is 18.2 Å². The molecule has 0 aliphatic heterocycles. The van der Waals surface area contributed by atoms with Crippen molar-refractivity contribution in [2.24, 2.45) is 0 Å². The van der Waals surface area contributed by atoms with Crippen molar-refractivity contribution in [3.8, 4) is 5.75 Å². The normalized spacial score (nSPS) is 13.5. The number of Topliss-reactive ketones (excluding diaryl/α,β-unsaturated/α-hetero) is 1. The maximum atomic E-state index is 12.4. The van der Waals surface area contributed by atoms with E-state index in [0.717, 1.165) is 0 Å². The van der Waals surface area contributed by atoms with Crippen molar-refractivity contribution in [3.63, 3.8) is 0 Å². The average Bonchev–Trinajstić information content (AvgIpc) is 2.90. The van der Waals surface area contributed by atoms with Crippen molar-refractivity contribution in [2.45, 2.75) is 24.7 Å². The Morgan fingerprint density at radius 1 is 1.08 bits per heavy atom. The van der Waals surface area contributed by atoms with Gasteiger partial charge in [0.05, 0.1) is 0 Å². The molecule has 0 unspecified atom stereocenters. The summed E-state index contributed by atoms with van der Waals surface area (Å²) < 4.78 is 30.1. The molecule has 1 amide bonds. The zero-order chi connectivity index (χ0) is 17.3. The van der Waals surface area contributed by atoms with Crippen LogP contribution in [0.25, 0.3) is 0 Å². The summed E-state index contributed by atoms with van der Waals surface area (Å²) in [5, 5.41) is 2.56. The van der Waals surface area contributed by atoms with Gasteiger partial charge in [-0.05, 0) is 36.8 Å². The molecular weight excluding hydrogens is 330 g/mol. The van der Waals surface area contributed by atoms with Gasteiger partial charge >= 0.3 is 10.1 Å². The van der Waals surface area contributed by atoms with E-state index in [-0.39, 0.29) is 22.3 Å². The third-order valence-corrected chi connectivity index (χ3v) is 4.95. The predicted molar refractivity (Wildman–Crippen MR) is 87.7 cm³/mol. The number of hydrogen-bond acceptors (Lipinski definition) is 5. The van der Waals surface area contributed by atoms with Gasteiger partial charge in [-0.1, -0.05) is 12.1 Å². The Morgan fingerprint density at radius 3 is 2.46 bits per heavy atom. The SMILES string of the molecule is CC(=O)Nc1ccc(S(=O)(=O)Oc2cccc3c2CCC3=O)cc1. The molecule has 1 aliphatic rings. The van der Waals surface area contributed by atoms with Crippen LogP contribution in [0.5, 0.6) is 5.75 Å². The van der Waals surface area contributed by atoms with Crippen LogP contribution in [-0.2, 0) is 21.3 Å². The molecule has 0 spiro atoms. The number of anilines is 1. The Bertz CT molecular complexity index is 916. The van der Waals surface area contributed by atoms with Gasteiger partial charge in [-0.15, -0.1) is 0 Å². The molecular formula is C17H15NO5S. The van der Waals surface area contributed by atoms with Gasteiger partial charge in [0, 0.05) is 30.2 Å². The molecule has 6 nitrogen and oxygen atoms in total. The third kappa shape index (κ3) is 3.16. The summed E-state index contributed by atoms with van der Waals surface area (Å²) in [5.41, 5.74) is 1.64. The topological polar surface area (TPSA) is 89.5 Å². The number of amides is 1. The van der Waals surface area contributed by atoms with Crippen molar-refractivity contribution in [2.75, 3.05) is 5.32 Å². The molecule has 2 aromatic rings. The third-order valence-electron chi connectivity index (χ3n) is 3.70. The number of carbonyl (C=O) groups excluding carboxylic acids is 2. The van der Waals surface area contributed by atoms with Gasteiger partial charge in [-0.3, -0.25) is 9.59 Å². The first-order chi connectivity index (χ1) is 11.4. The highest BCUT2D eigenvalue weighted by molar-refractivity contribution is 7.87. The minimum absolute atomic E-state index is 0.00694. The maximum absolute atomic E-state index is 12.4. The summed E-state index contributed by atoms with van der Waals surface area (Å²) in [6.07, 6.45) is 0.836. The van der Waals surface area contributed by atoms with E-state index >= 15 is 0 Å². The van der Waals surface area contributed by atoms with E-state index in [9.17, 15) is 18.0 Å². The lowest BCUT2D eigenvalue weighted by Gasteiger charge is -2.11. The molecule has 0 atom stereocenters. The van der Waals surface area contributed by atoms with Crippen LogP contribution in [0.15, 0.2) is 47.4 Å². The highest BCUT2D eigenvalue weighted by atomic mass is 32.2. The van der Waals surface area contributed by atoms with Crippen LogP contribution in [0.3, 0.4) is 0 Å². The van der Waals surface area contributed by atoms with Gasteiger partial charge < -0.3 is 9.50 Å². The Balaban J connectivity index is 1.87. The quantitative estimate of drug-likeness (QED) is 0.860. The minimum Gasteiger partial charge on any atom is -0.379 e. The second kappa shape index (κ2) is 6.09. The summed E-state index contributed by atoms with van der Waals surface area (Å²) in [6, 6.07) is 10.5. The Hall–Kier alpha value is -2.67. The zero-order valence-electron chi connectivity index (χ0n) is 12.9. The number of rotatable bonds is 4. The smallest absolute Gasteiger partial charge is 0.339 e. The fourth-order valence-corrected chi connectivity index (χ4v) is 3.57. The van der Waals surface area contributed by atoms with Crippen LogP contribution in [0.1, 0.15) is 29.3 Å². The molecule has 2 aromatic carbocycles. The first-order valence-electron chi connectivity index (χ1n) is 7.34. The number of hydrogen-bond donors (Lipinski definition) is 1. The van der Waals surface area contributed by atoms with Gasteiger partial charge in [0.15, 0.2) is 5.78 Å². The number of nitrogens with one attached hydrogen (secondary N) is 1. The van der Waals surface area contributed by atoms with E-state index in [4.69, 9.17) is 4.18 Å². The number of carbonyl (C=O) groups is 2. The first-order valence-corrected chi connectivity index (χ1v) is 8.75. The highest BCUT2D eigenvalue weighted by Crippen LogP contribution is 2.32. The molecule has 0 bridgehead atoms. The molecule has 3 rings (SSSR count). The van der Waals surface area contributed by atoms with Crippen LogP contribution in [0.2, 0.25) is 0 Å². The van der Waals surface area contributed by atoms with E-state index < -0.39 is 10.1 Å². The summed E-state index contributed by atoms with van der Waals surface area (Å²) in [7, 11) is -4.02. The molecule has 7 heteroatoms. The van der Waals surface area contributed by atoms with Crippen LogP contribution in [0, 0.1) is 0 Å². The molecule has 0 fully saturated rings. The van der Waals surface area contributed by atoms with Crippen molar-refractivity contribution in [3.05, 3.63) is 53.6 Å². The standard InChI is InChI=1S/C17H15NO5S/c1-11(19)18-12-5-7-13(8-6-12)24(21,22)23-17-4-2-3-14-15(17)9-10-16(14)20/h2-8H,9-10H2,1H3,(H,18,19). The van der Waals surface area contributed by atoms with Crippen molar-refractivity contribution in [1.82, 2.24) is 0 Å². The monoisotopic (exact) mass is 345 g/mol. The van der Waals surface area contributed by atoms with Crippen LogP contribution in [-0.4, -0.2) is 20.1 Å². The van der Waals surface area contributed by atoms with Crippen molar-refractivity contribution >= 4 is 27.5 Å². The van der Waals surface area contributed by atoms with Crippen LogP contribution < -0.4 is 9.50 Å². The van der Waals surface area contributed by atoms with Gasteiger partial charge in [0.1, 0.15) is 10.6 Å². The summed E-state index contributed by atoms with van der Waals surface area (Å²) in [4.78, 5) is 22.7. The highest BCUT2D eigenvalue weighted by Gasteiger charge is 2.26. The molecule has 24 heavy (non-hydrogen) atoms. The molecule has 1 N–H and O–H groups in total. The molecule has 1 aliphatic carbocycles. The molecule has 124 valence electrons. The van der Waals surface area contributed by atoms with Gasteiger partial charge in [0.2, 0.25) is 5.91 Å². The van der Waals surface area contributed by atoms with Gasteiger partial charge in [-0.25, -0.2) is 0 Å². The Kier molecular flexibility index (Phi) is 4.11.